The molecule has 1 N–H and O–H groups in total. The molecule has 4 heteroatoms. The highest BCUT2D eigenvalue weighted by Gasteiger charge is 2.00. The second-order valence-corrected chi connectivity index (χ2v) is 4.66. The molecule has 0 aliphatic carbocycles. The van der Waals surface area contributed by atoms with Crippen LogP contribution in [-0.2, 0) is 13.2 Å². The van der Waals surface area contributed by atoms with Crippen molar-refractivity contribution in [2.24, 2.45) is 0 Å². The molecule has 1 heterocycles. The van der Waals surface area contributed by atoms with E-state index in [0.29, 0.717) is 18.5 Å². The van der Waals surface area contributed by atoms with E-state index in [2.05, 4.69) is 29.1 Å². The van der Waals surface area contributed by atoms with Crippen LogP contribution in [0.2, 0.25) is 0 Å². The predicted octanol–water partition coefficient (Wildman–Crippen LogP) is 2.55. The van der Waals surface area contributed by atoms with Crippen LogP contribution >= 0.6 is 0 Å². The number of ether oxygens (including phenoxy) is 1. The van der Waals surface area contributed by atoms with Crippen molar-refractivity contribution >= 4 is 0 Å². The summed E-state index contributed by atoms with van der Waals surface area (Å²) in [5, 5.41) is 3.30. The van der Waals surface area contributed by atoms with Crippen molar-refractivity contribution < 1.29 is 4.74 Å². The van der Waals surface area contributed by atoms with E-state index in [-0.39, 0.29) is 0 Å². The number of nitrogens with one attached hydrogen (secondary N) is 1. The SMILES string of the molecule is CC(C)NCc1cnc(OCc2ccccc2)cn1. The first-order valence-electron chi connectivity index (χ1n) is 6.45. The van der Waals surface area contributed by atoms with E-state index in [9.17, 15) is 0 Å². The quantitative estimate of drug-likeness (QED) is 0.864. The van der Waals surface area contributed by atoms with Crippen LogP contribution in [0.1, 0.15) is 25.1 Å². The van der Waals surface area contributed by atoms with Gasteiger partial charge in [-0.1, -0.05) is 44.2 Å². The molecule has 19 heavy (non-hydrogen) atoms. The van der Waals surface area contributed by atoms with E-state index in [0.717, 1.165) is 17.8 Å². The molecule has 1 aromatic heterocycles. The Morgan fingerprint density at radius 2 is 1.89 bits per heavy atom. The molecule has 0 unspecified atom stereocenters. The lowest BCUT2D eigenvalue weighted by Gasteiger charge is -2.08. The Labute approximate surface area is 113 Å². The smallest absolute Gasteiger partial charge is 0.232 e. The first kappa shape index (κ1) is 13.5. The van der Waals surface area contributed by atoms with Gasteiger partial charge in [0.05, 0.1) is 18.1 Å². The van der Waals surface area contributed by atoms with Crippen molar-refractivity contribution in [2.45, 2.75) is 33.0 Å². The third kappa shape index (κ3) is 4.67. The Morgan fingerprint density at radius 3 is 2.53 bits per heavy atom. The summed E-state index contributed by atoms with van der Waals surface area (Å²) >= 11 is 0. The maximum absolute atomic E-state index is 5.58. The molecule has 0 saturated carbocycles. The van der Waals surface area contributed by atoms with Crippen LogP contribution in [0.15, 0.2) is 42.7 Å². The number of nitrogens with zero attached hydrogens (tertiary/aromatic N) is 2. The first-order chi connectivity index (χ1) is 9.24. The Balaban J connectivity index is 1.85. The number of benzene rings is 1. The maximum Gasteiger partial charge on any atom is 0.232 e. The molecule has 100 valence electrons. The first-order valence-corrected chi connectivity index (χ1v) is 6.45. The molecular formula is C15H19N3O. The number of aromatic nitrogens is 2. The molecule has 2 rings (SSSR count). The molecule has 0 saturated heterocycles. The second kappa shape index (κ2) is 6.85. The molecular weight excluding hydrogens is 238 g/mol. The molecule has 0 aliphatic heterocycles. The summed E-state index contributed by atoms with van der Waals surface area (Å²) in [5.41, 5.74) is 2.04. The fourth-order valence-electron chi connectivity index (χ4n) is 1.55. The lowest BCUT2D eigenvalue weighted by Crippen LogP contribution is -2.22. The van der Waals surface area contributed by atoms with Crippen LogP contribution in [0, 0.1) is 0 Å². The van der Waals surface area contributed by atoms with Gasteiger partial charge in [-0.05, 0) is 5.56 Å². The van der Waals surface area contributed by atoms with Gasteiger partial charge < -0.3 is 10.1 Å². The maximum atomic E-state index is 5.58. The normalized spacial score (nSPS) is 10.7. The number of hydrogen-bond acceptors (Lipinski definition) is 4. The number of rotatable bonds is 6. The summed E-state index contributed by atoms with van der Waals surface area (Å²) in [6.07, 6.45) is 3.41. The van der Waals surface area contributed by atoms with Crippen molar-refractivity contribution in [1.82, 2.24) is 15.3 Å². The van der Waals surface area contributed by atoms with Crippen molar-refractivity contribution in [2.75, 3.05) is 0 Å². The highest BCUT2D eigenvalue weighted by molar-refractivity contribution is 5.15. The molecule has 0 amide bonds. The molecule has 2 aromatic rings. The minimum absolute atomic E-state index is 0.441. The van der Waals surface area contributed by atoms with Crippen LogP contribution < -0.4 is 10.1 Å². The predicted molar refractivity (Wildman–Crippen MR) is 74.8 cm³/mol. The van der Waals surface area contributed by atoms with Crippen molar-refractivity contribution in [1.29, 1.82) is 0 Å². The standard InChI is InChI=1S/C15H19N3O/c1-12(2)16-8-14-9-18-15(10-17-14)19-11-13-6-4-3-5-7-13/h3-7,9-10,12,16H,8,11H2,1-2H3. The van der Waals surface area contributed by atoms with Crippen molar-refractivity contribution in [3.63, 3.8) is 0 Å². The molecule has 0 atom stereocenters. The summed E-state index contributed by atoms with van der Waals surface area (Å²) in [7, 11) is 0. The third-order valence-electron chi connectivity index (χ3n) is 2.60. The topological polar surface area (TPSA) is 47.0 Å². The van der Waals surface area contributed by atoms with Crippen molar-refractivity contribution in [3.05, 3.63) is 54.0 Å². The van der Waals surface area contributed by atoms with Crippen LogP contribution in [0.25, 0.3) is 0 Å². The summed E-state index contributed by atoms with van der Waals surface area (Å²) < 4.78 is 5.58. The molecule has 0 bridgehead atoms. The summed E-state index contributed by atoms with van der Waals surface area (Å²) in [6, 6.07) is 10.5. The largest absolute Gasteiger partial charge is 0.472 e. The summed E-state index contributed by atoms with van der Waals surface area (Å²) in [4.78, 5) is 8.56. The average molecular weight is 257 g/mol. The lowest BCUT2D eigenvalue weighted by molar-refractivity contribution is 0.292. The summed E-state index contributed by atoms with van der Waals surface area (Å²) in [6.45, 7) is 5.44. The van der Waals surface area contributed by atoms with Crippen LogP contribution in [0.5, 0.6) is 5.88 Å². The van der Waals surface area contributed by atoms with E-state index in [1.54, 1.807) is 12.4 Å². The fraction of sp³-hybridized carbons (Fsp3) is 0.333. The van der Waals surface area contributed by atoms with Gasteiger partial charge >= 0.3 is 0 Å². The van der Waals surface area contributed by atoms with Crippen LogP contribution in [-0.4, -0.2) is 16.0 Å². The minimum atomic E-state index is 0.441. The van der Waals surface area contributed by atoms with Gasteiger partial charge in [0.25, 0.3) is 0 Å². The Hall–Kier alpha value is -1.94. The van der Waals surface area contributed by atoms with Gasteiger partial charge in [0.2, 0.25) is 5.88 Å². The van der Waals surface area contributed by atoms with Crippen LogP contribution in [0.3, 0.4) is 0 Å². The van der Waals surface area contributed by atoms with Gasteiger partial charge in [0, 0.05) is 12.6 Å². The van der Waals surface area contributed by atoms with E-state index >= 15 is 0 Å². The minimum Gasteiger partial charge on any atom is -0.472 e. The van der Waals surface area contributed by atoms with E-state index in [1.165, 1.54) is 0 Å². The van der Waals surface area contributed by atoms with Crippen LogP contribution in [0.4, 0.5) is 0 Å². The zero-order valence-electron chi connectivity index (χ0n) is 11.3. The number of hydrogen-bond donors (Lipinski definition) is 1. The molecule has 4 nitrogen and oxygen atoms in total. The monoisotopic (exact) mass is 257 g/mol. The van der Waals surface area contributed by atoms with Gasteiger partial charge in [-0.15, -0.1) is 0 Å². The average Bonchev–Trinajstić information content (AvgIpc) is 2.45. The molecule has 0 fully saturated rings. The Morgan fingerprint density at radius 1 is 1.11 bits per heavy atom. The van der Waals surface area contributed by atoms with E-state index in [4.69, 9.17) is 4.74 Å². The Bertz CT molecular complexity index is 483. The fourth-order valence-corrected chi connectivity index (χ4v) is 1.55. The van der Waals surface area contributed by atoms with E-state index in [1.807, 2.05) is 30.3 Å². The van der Waals surface area contributed by atoms with Gasteiger partial charge in [0.15, 0.2) is 0 Å². The molecule has 0 aliphatic rings. The Kier molecular flexibility index (Phi) is 4.86. The highest BCUT2D eigenvalue weighted by atomic mass is 16.5. The molecule has 1 aromatic carbocycles. The zero-order chi connectivity index (χ0) is 13.5. The zero-order valence-corrected chi connectivity index (χ0v) is 11.3. The van der Waals surface area contributed by atoms with Gasteiger partial charge in [-0.2, -0.15) is 0 Å². The van der Waals surface area contributed by atoms with Gasteiger partial charge in [-0.3, -0.25) is 4.98 Å². The highest BCUT2D eigenvalue weighted by Crippen LogP contribution is 2.08. The summed E-state index contributed by atoms with van der Waals surface area (Å²) in [5.74, 6) is 0.553. The van der Waals surface area contributed by atoms with Gasteiger partial charge in [0.1, 0.15) is 6.61 Å². The molecule has 0 spiro atoms. The van der Waals surface area contributed by atoms with Crippen molar-refractivity contribution in [3.8, 4) is 5.88 Å². The van der Waals surface area contributed by atoms with E-state index < -0.39 is 0 Å². The second-order valence-electron chi connectivity index (χ2n) is 4.66. The molecule has 0 radical (unpaired) electrons. The van der Waals surface area contributed by atoms with Gasteiger partial charge in [-0.25, -0.2) is 4.98 Å². The lowest BCUT2D eigenvalue weighted by atomic mass is 10.2. The third-order valence-corrected chi connectivity index (χ3v) is 2.60.